The number of benzene rings is 2. The molecular weight excluding hydrogens is 356 g/mol. The molecule has 0 atom stereocenters. The first-order valence-electron chi connectivity index (χ1n) is 9.59. The number of anilines is 1. The number of fused-ring (bicyclic) bond motifs is 1. The molecule has 1 amide bonds. The molecule has 0 radical (unpaired) electrons. The monoisotopic (exact) mass is 384 g/mol. The average Bonchev–Trinajstić information content (AvgIpc) is 2.89. The molecule has 3 rings (SSSR count). The minimum Gasteiger partial charge on any atom is -0.492 e. The molecule has 1 aliphatic rings. The van der Waals surface area contributed by atoms with Gasteiger partial charge >= 0.3 is 0 Å². The lowest BCUT2D eigenvalue weighted by molar-refractivity contribution is -0.118. The highest BCUT2D eigenvalue weighted by atomic mass is 32.2. The predicted molar refractivity (Wildman–Crippen MR) is 113 cm³/mol. The van der Waals surface area contributed by atoms with E-state index in [0.717, 1.165) is 47.8 Å². The Bertz CT molecular complexity index is 758. The van der Waals surface area contributed by atoms with Gasteiger partial charge < -0.3 is 15.0 Å². The van der Waals surface area contributed by atoms with Crippen LogP contribution in [0.15, 0.2) is 47.4 Å². The Kier molecular flexibility index (Phi) is 7.18. The number of aryl methyl sites for hydroxylation is 2. The molecule has 0 bridgehead atoms. The largest absolute Gasteiger partial charge is 0.492 e. The second-order valence-corrected chi connectivity index (χ2v) is 7.92. The van der Waals surface area contributed by atoms with E-state index in [9.17, 15) is 4.79 Å². The van der Waals surface area contributed by atoms with Gasteiger partial charge in [0, 0.05) is 31.0 Å². The maximum atomic E-state index is 12.7. The summed E-state index contributed by atoms with van der Waals surface area (Å²) >= 11 is 1.84. The zero-order chi connectivity index (χ0) is 19.1. The molecule has 5 heteroatoms. The fourth-order valence-electron chi connectivity index (χ4n) is 3.29. The summed E-state index contributed by atoms with van der Waals surface area (Å²) in [6.07, 6.45) is 1.53. The lowest BCUT2D eigenvalue weighted by atomic mass is 10.1. The van der Waals surface area contributed by atoms with Crippen LogP contribution in [0.25, 0.3) is 0 Å². The van der Waals surface area contributed by atoms with Crippen LogP contribution in [-0.2, 0) is 4.79 Å². The standard InChI is InChI=1S/C22H28N2O2S/c1-17-7-5-8-18(2)22(17)26-15-13-23-12-11-21(25)24-14-6-16-27-20-10-4-3-9-19(20)24/h3-5,7-10,23H,6,11-16H2,1-2H3. The van der Waals surface area contributed by atoms with E-state index in [1.807, 2.05) is 34.9 Å². The number of para-hydroxylation sites is 2. The Labute approximate surface area is 166 Å². The van der Waals surface area contributed by atoms with Gasteiger partial charge in [0.15, 0.2) is 0 Å². The number of ether oxygens (including phenoxy) is 1. The van der Waals surface area contributed by atoms with Gasteiger partial charge in [0.05, 0.1) is 5.69 Å². The van der Waals surface area contributed by atoms with E-state index < -0.39 is 0 Å². The zero-order valence-corrected chi connectivity index (χ0v) is 17.0. The normalized spacial score (nSPS) is 13.8. The zero-order valence-electron chi connectivity index (χ0n) is 16.2. The van der Waals surface area contributed by atoms with Crippen LogP contribution in [0.5, 0.6) is 5.75 Å². The highest BCUT2D eigenvalue weighted by Crippen LogP contribution is 2.33. The third-order valence-corrected chi connectivity index (χ3v) is 5.84. The average molecular weight is 385 g/mol. The van der Waals surface area contributed by atoms with E-state index in [1.165, 1.54) is 4.90 Å². The quantitative estimate of drug-likeness (QED) is 0.727. The van der Waals surface area contributed by atoms with Crippen LogP contribution in [-0.4, -0.2) is 37.9 Å². The summed E-state index contributed by atoms with van der Waals surface area (Å²) in [5.74, 6) is 2.22. The SMILES string of the molecule is Cc1cccc(C)c1OCCNCCC(=O)N1CCCSc2ccccc21. The molecule has 1 aliphatic heterocycles. The molecule has 1 N–H and O–H groups in total. The number of hydrogen-bond acceptors (Lipinski definition) is 4. The van der Waals surface area contributed by atoms with E-state index in [4.69, 9.17) is 4.74 Å². The van der Waals surface area contributed by atoms with Crippen molar-refractivity contribution in [3.8, 4) is 5.75 Å². The molecule has 2 aromatic rings. The van der Waals surface area contributed by atoms with Crippen LogP contribution in [0.2, 0.25) is 0 Å². The maximum Gasteiger partial charge on any atom is 0.228 e. The van der Waals surface area contributed by atoms with Gasteiger partial charge in [-0.1, -0.05) is 30.3 Å². The lowest BCUT2D eigenvalue weighted by Crippen LogP contribution is -2.34. The summed E-state index contributed by atoms with van der Waals surface area (Å²) in [5, 5.41) is 3.33. The molecule has 1 heterocycles. The minimum absolute atomic E-state index is 0.188. The molecule has 144 valence electrons. The number of thioether (sulfide) groups is 1. The molecule has 0 aromatic heterocycles. The molecular formula is C22H28N2O2S. The van der Waals surface area contributed by atoms with E-state index in [-0.39, 0.29) is 5.91 Å². The third kappa shape index (κ3) is 5.27. The molecule has 0 aliphatic carbocycles. The van der Waals surface area contributed by atoms with Gasteiger partial charge in [-0.25, -0.2) is 0 Å². The molecule has 27 heavy (non-hydrogen) atoms. The van der Waals surface area contributed by atoms with Crippen LogP contribution < -0.4 is 15.0 Å². The molecule has 0 saturated carbocycles. The van der Waals surface area contributed by atoms with Crippen LogP contribution in [0, 0.1) is 13.8 Å². The van der Waals surface area contributed by atoms with Gasteiger partial charge in [0.2, 0.25) is 5.91 Å². The van der Waals surface area contributed by atoms with Crippen molar-refractivity contribution in [2.75, 3.05) is 36.9 Å². The molecule has 2 aromatic carbocycles. The fourth-order valence-corrected chi connectivity index (χ4v) is 4.29. The van der Waals surface area contributed by atoms with Crippen molar-refractivity contribution in [3.05, 3.63) is 53.6 Å². The molecule has 0 fully saturated rings. The van der Waals surface area contributed by atoms with Crippen molar-refractivity contribution in [3.63, 3.8) is 0 Å². The Hall–Kier alpha value is -1.98. The van der Waals surface area contributed by atoms with Crippen molar-refractivity contribution >= 4 is 23.4 Å². The number of rotatable bonds is 7. The summed E-state index contributed by atoms with van der Waals surface area (Å²) in [7, 11) is 0. The summed E-state index contributed by atoms with van der Waals surface area (Å²) in [5.41, 5.74) is 3.37. The number of nitrogens with one attached hydrogen (secondary N) is 1. The first-order chi connectivity index (χ1) is 13.2. The number of amides is 1. The Balaban J connectivity index is 1.42. The molecule has 0 unspecified atom stereocenters. The van der Waals surface area contributed by atoms with Gasteiger partial charge in [-0.2, -0.15) is 0 Å². The van der Waals surface area contributed by atoms with Crippen LogP contribution in [0.3, 0.4) is 0 Å². The number of carbonyl (C=O) groups excluding carboxylic acids is 1. The number of nitrogens with zero attached hydrogens (tertiary/aromatic N) is 1. The molecule has 0 spiro atoms. The van der Waals surface area contributed by atoms with Crippen molar-refractivity contribution in [1.29, 1.82) is 0 Å². The topological polar surface area (TPSA) is 41.6 Å². The van der Waals surface area contributed by atoms with E-state index in [2.05, 4.69) is 43.4 Å². The summed E-state index contributed by atoms with van der Waals surface area (Å²) in [6.45, 7) is 6.92. The Morgan fingerprint density at radius 1 is 1.11 bits per heavy atom. The summed E-state index contributed by atoms with van der Waals surface area (Å²) < 4.78 is 5.89. The Morgan fingerprint density at radius 3 is 2.70 bits per heavy atom. The van der Waals surface area contributed by atoms with E-state index in [0.29, 0.717) is 19.6 Å². The molecule has 4 nitrogen and oxygen atoms in total. The summed E-state index contributed by atoms with van der Waals surface area (Å²) in [6, 6.07) is 14.4. The highest BCUT2D eigenvalue weighted by Gasteiger charge is 2.20. The van der Waals surface area contributed by atoms with Gasteiger partial charge in [-0.05, 0) is 49.3 Å². The lowest BCUT2D eigenvalue weighted by Gasteiger charge is -2.22. The Morgan fingerprint density at radius 2 is 1.89 bits per heavy atom. The smallest absolute Gasteiger partial charge is 0.228 e. The third-order valence-electron chi connectivity index (χ3n) is 4.69. The maximum absolute atomic E-state index is 12.7. The van der Waals surface area contributed by atoms with Crippen LogP contribution in [0.1, 0.15) is 24.0 Å². The van der Waals surface area contributed by atoms with Crippen LogP contribution in [0.4, 0.5) is 5.69 Å². The second kappa shape index (κ2) is 9.81. The first-order valence-corrected chi connectivity index (χ1v) is 10.6. The predicted octanol–water partition coefficient (Wildman–Crippen LogP) is 4.19. The van der Waals surface area contributed by atoms with Gasteiger partial charge in [0.25, 0.3) is 0 Å². The van der Waals surface area contributed by atoms with Crippen molar-refractivity contribution < 1.29 is 9.53 Å². The number of hydrogen-bond donors (Lipinski definition) is 1. The van der Waals surface area contributed by atoms with Crippen molar-refractivity contribution in [2.45, 2.75) is 31.6 Å². The highest BCUT2D eigenvalue weighted by molar-refractivity contribution is 7.99. The second-order valence-electron chi connectivity index (χ2n) is 6.78. The van der Waals surface area contributed by atoms with Gasteiger partial charge in [0.1, 0.15) is 12.4 Å². The minimum atomic E-state index is 0.188. The van der Waals surface area contributed by atoms with Crippen molar-refractivity contribution in [1.82, 2.24) is 5.32 Å². The fraction of sp³-hybridized carbons (Fsp3) is 0.409. The van der Waals surface area contributed by atoms with Gasteiger partial charge in [-0.15, -0.1) is 11.8 Å². The van der Waals surface area contributed by atoms with E-state index >= 15 is 0 Å². The van der Waals surface area contributed by atoms with Crippen LogP contribution >= 0.6 is 11.8 Å². The van der Waals surface area contributed by atoms with E-state index in [1.54, 1.807) is 0 Å². The molecule has 0 saturated heterocycles. The van der Waals surface area contributed by atoms with Crippen molar-refractivity contribution in [2.24, 2.45) is 0 Å². The first kappa shape index (κ1) is 19.8. The summed E-state index contributed by atoms with van der Waals surface area (Å²) in [4.78, 5) is 15.9. The number of carbonyl (C=O) groups is 1. The van der Waals surface area contributed by atoms with Gasteiger partial charge in [-0.3, -0.25) is 4.79 Å².